The molecule has 0 heterocycles. The number of allylic oxidation sites excluding steroid dienone is 16. The molecule has 0 radical (unpaired) electrons. The van der Waals surface area contributed by atoms with Gasteiger partial charge in [0, 0.05) is 19.4 Å². The lowest BCUT2D eigenvalue weighted by Gasteiger charge is -2.18. The zero-order valence-electron chi connectivity index (χ0n) is 42.0. The van der Waals surface area contributed by atoms with Crippen molar-refractivity contribution in [2.24, 2.45) is 0 Å². The Morgan fingerprint density at radius 1 is 0.359 bits per heavy atom. The largest absolute Gasteiger partial charge is 0.462 e. The highest BCUT2D eigenvalue weighted by Crippen LogP contribution is 2.13. The molecular formula is C59H100O5. The first-order valence-corrected chi connectivity index (χ1v) is 26.8. The van der Waals surface area contributed by atoms with E-state index in [1.54, 1.807) is 0 Å². The van der Waals surface area contributed by atoms with Crippen LogP contribution in [0.1, 0.15) is 239 Å². The first kappa shape index (κ1) is 60.8. The van der Waals surface area contributed by atoms with Crippen molar-refractivity contribution in [3.05, 3.63) is 97.2 Å². The summed E-state index contributed by atoms with van der Waals surface area (Å²) in [5.74, 6) is -0.441. The van der Waals surface area contributed by atoms with Crippen LogP contribution in [0.4, 0.5) is 0 Å². The fourth-order valence-electron chi connectivity index (χ4n) is 7.16. The summed E-state index contributed by atoms with van der Waals surface area (Å²) >= 11 is 0. The SMILES string of the molecule is CC/C=C\C/C=C\C/C=C\CCCCCCCC(=O)OCC(COCCCCCCCCCC/C=C\C/C=C\CCCCC)OC(=O)CCCCCCC/C=C\C/C=C\C/C=C\CC. The molecule has 0 bridgehead atoms. The van der Waals surface area contributed by atoms with E-state index in [4.69, 9.17) is 14.2 Å². The van der Waals surface area contributed by atoms with Crippen molar-refractivity contribution in [2.75, 3.05) is 19.8 Å². The fourth-order valence-corrected chi connectivity index (χ4v) is 7.16. The van der Waals surface area contributed by atoms with E-state index in [-0.39, 0.29) is 25.2 Å². The molecule has 0 saturated heterocycles. The molecule has 5 nitrogen and oxygen atoms in total. The van der Waals surface area contributed by atoms with Crippen molar-refractivity contribution in [3.63, 3.8) is 0 Å². The number of carbonyl (C=O) groups is 2. The second-order valence-electron chi connectivity index (χ2n) is 17.4. The Bertz CT molecular complexity index is 1230. The average Bonchev–Trinajstić information content (AvgIpc) is 3.30. The maximum Gasteiger partial charge on any atom is 0.306 e. The molecule has 1 unspecified atom stereocenters. The number of rotatable bonds is 48. The Morgan fingerprint density at radius 2 is 0.703 bits per heavy atom. The average molecular weight is 889 g/mol. The van der Waals surface area contributed by atoms with Crippen LogP contribution in [-0.4, -0.2) is 37.9 Å². The van der Waals surface area contributed by atoms with E-state index in [9.17, 15) is 9.59 Å². The molecule has 0 aromatic carbocycles. The van der Waals surface area contributed by atoms with E-state index in [1.807, 2.05) is 0 Å². The van der Waals surface area contributed by atoms with Gasteiger partial charge in [-0.2, -0.15) is 0 Å². The zero-order valence-corrected chi connectivity index (χ0v) is 42.0. The van der Waals surface area contributed by atoms with E-state index in [0.717, 1.165) is 109 Å². The van der Waals surface area contributed by atoms with Gasteiger partial charge in [-0.3, -0.25) is 9.59 Å². The van der Waals surface area contributed by atoms with E-state index in [1.165, 1.54) is 96.3 Å². The van der Waals surface area contributed by atoms with Gasteiger partial charge in [0.1, 0.15) is 6.61 Å². The maximum absolute atomic E-state index is 12.8. The molecule has 0 aliphatic heterocycles. The maximum atomic E-state index is 12.8. The van der Waals surface area contributed by atoms with E-state index in [2.05, 4.69) is 118 Å². The Balaban J connectivity index is 4.34. The summed E-state index contributed by atoms with van der Waals surface area (Å²) in [5, 5.41) is 0. The second kappa shape index (κ2) is 54.2. The van der Waals surface area contributed by atoms with Crippen molar-refractivity contribution in [2.45, 2.75) is 245 Å². The molecule has 0 aliphatic rings. The molecule has 0 N–H and O–H groups in total. The molecule has 0 saturated carbocycles. The van der Waals surface area contributed by atoms with Gasteiger partial charge in [-0.25, -0.2) is 0 Å². The van der Waals surface area contributed by atoms with Crippen LogP contribution in [-0.2, 0) is 23.8 Å². The molecule has 0 fully saturated rings. The molecule has 0 amide bonds. The third-order valence-corrected chi connectivity index (χ3v) is 11.1. The molecule has 0 aromatic heterocycles. The molecule has 5 heteroatoms. The van der Waals surface area contributed by atoms with Crippen LogP contribution in [0, 0.1) is 0 Å². The van der Waals surface area contributed by atoms with Crippen molar-refractivity contribution in [3.8, 4) is 0 Å². The summed E-state index contributed by atoms with van der Waals surface area (Å²) in [6.45, 7) is 7.53. The van der Waals surface area contributed by atoms with E-state index in [0.29, 0.717) is 19.4 Å². The van der Waals surface area contributed by atoms with Gasteiger partial charge in [-0.05, 0) is 116 Å². The summed E-state index contributed by atoms with van der Waals surface area (Å²) in [7, 11) is 0. The molecule has 64 heavy (non-hydrogen) atoms. The quantitative estimate of drug-likeness (QED) is 0.0346. The first-order chi connectivity index (χ1) is 31.6. The number of hydrogen-bond donors (Lipinski definition) is 0. The van der Waals surface area contributed by atoms with Gasteiger partial charge in [-0.15, -0.1) is 0 Å². The van der Waals surface area contributed by atoms with Crippen molar-refractivity contribution < 1.29 is 23.8 Å². The molecule has 0 aliphatic carbocycles. The summed E-state index contributed by atoms with van der Waals surface area (Å²) in [6, 6.07) is 0. The van der Waals surface area contributed by atoms with Crippen LogP contribution in [0.25, 0.3) is 0 Å². The highest BCUT2D eigenvalue weighted by molar-refractivity contribution is 5.70. The molecular weight excluding hydrogens is 789 g/mol. The van der Waals surface area contributed by atoms with Crippen LogP contribution in [0.15, 0.2) is 97.2 Å². The van der Waals surface area contributed by atoms with Gasteiger partial charge >= 0.3 is 11.9 Å². The monoisotopic (exact) mass is 889 g/mol. The Morgan fingerprint density at radius 3 is 1.12 bits per heavy atom. The third-order valence-electron chi connectivity index (χ3n) is 11.1. The third kappa shape index (κ3) is 51.5. The van der Waals surface area contributed by atoms with Crippen LogP contribution in [0.2, 0.25) is 0 Å². The molecule has 0 spiro atoms. The second-order valence-corrected chi connectivity index (χ2v) is 17.4. The highest BCUT2D eigenvalue weighted by Gasteiger charge is 2.17. The van der Waals surface area contributed by atoms with Crippen LogP contribution in [0.3, 0.4) is 0 Å². The van der Waals surface area contributed by atoms with Crippen LogP contribution in [0.5, 0.6) is 0 Å². The smallest absolute Gasteiger partial charge is 0.306 e. The molecule has 366 valence electrons. The van der Waals surface area contributed by atoms with Gasteiger partial charge < -0.3 is 14.2 Å². The predicted molar refractivity (Wildman–Crippen MR) is 279 cm³/mol. The number of carbonyl (C=O) groups excluding carboxylic acids is 2. The minimum Gasteiger partial charge on any atom is -0.462 e. The van der Waals surface area contributed by atoms with Gasteiger partial charge in [0.25, 0.3) is 0 Å². The first-order valence-electron chi connectivity index (χ1n) is 26.8. The Kier molecular flexibility index (Phi) is 51.5. The number of ether oxygens (including phenoxy) is 3. The van der Waals surface area contributed by atoms with Crippen LogP contribution < -0.4 is 0 Å². The Labute approximate surface area is 396 Å². The lowest BCUT2D eigenvalue weighted by Crippen LogP contribution is -2.30. The topological polar surface area (TPSA) is 61.8 Å². The lowest BCUT2D eigenvalue weighted by molar-refractivity contribution is -0.163. The van der Waals surface area contributed by atoms with E-state index >= 15 is 0 Å². The predicted octanol–water partition coefficient (Wildman–Crippen LogP) is 18.2. The molecule has 1 atom stereocenters. The van der Waals surface area contributed by atoms with Crippen molar-refractivity contribution in [1.29, 1.82) is 0 Å². The minimum atomic E-state index is -0.561. The summed E-state index contributed by atoms with van der Waals surface area (Å²) in [5.41, 5.74) is 0. The Hall–Kier alpha value is -3.18. The fraction of sp³-hybridized carbons (Fsp3) is 0.695. The normalized spacial score (nSPS) is 13.0. The zero-order chi connectivity index (χ0) is 46.3. The molecule has 0 aromatic rings. The van der Waals surface area contributed by atoms with Gasteiger partial charge in [0.05, 0.1) is 6.61 Å². The summed E-state index contributed by atoms with van der Waals surface area (Å²) in [4.78, 5) is 25.4. The van der Waals surface area contributed by atoms with E-state index < -0.39 is 6.10 Å². The minimum absolute atomic E-state index is 0.0622. The summed E-state index contributed by atoms with van der Waals surface area (Å²) in [6.07, 6.45) is 72.7. The standard InChI is InChI=1S/C59H100O5/c1-4-7-10-13-16-19-22-25-28-29-30-33-36-39-42-45-48-51-54-62-55-57(64-59(61)53-50-47-44-41-38-35-32-27-24-21-18-15-12-9-6-3)56-63-58(60)52-49-46-43-40-37-34-31-26-23-20-17-14-11-8-5-2/h8-9,11-12,16-21,25-28,31-32,57H,4-7,10,13-15,22-24,29-30,33-56H2,1-3H3/b11-8-,12-9-,19-16-,20-17-,21-18-,28-25-,31-26-,32-27-. The van der Waals surface area contributed by atoms with Gasteiger partial charge in [-0.1, -0.05) is 208 Å². The van der Waals surface area contributed by atoms with Crippen molar-refractivity contribution in [1.82, 2.24) is 0 Å². The van der Waals surface area contributed by atoms with Gasteiger partial charge in [0.15, 0.2) is 6.10 Å². The number of unbranched alkanes of at least 4 members (excludes halogenated alkanes) is 21. The highest BCUT2D eigenvalue weighted by atomic mass is 16.6. The number of hydrogen-bond acceptors (Lipinski definition) is 5. The van der Waals surface area contributed by atoms with Crippen LogP contribution >= 0.6 is 0 Å². The number of esters is 2. The van der Waals surface area contributed by atoms with Crippen molar-refractivity contribution >= 4 is 11.9 Å². The lowest BCUT2D eigenvalue weighted by atomic mass is 10.1. The summed E-state index contributed by atoms with van der Waals surface area (Å²) < 4.78 is 17.4. The van der Waals surface area contributed by atoms with Gasteiger partial charge in [0.2, 0.25) is 0 Å². The molecule has 0 rings (SSSR count).